The summed E-state index contributed by atoms with van der Waals surface area (Å²) >= 11 is 0. The van der Waals surface area contributed by atoms with Gasteiger partial charge in [-0.1, -0.05) is 19.4 Å². The first-order valence-electron chi connectivity index (χ1n) is 15.7. The number of fused-ring (bicyclic) bond motifs is 4. The molecule has 4 rings (SSSR count). The lowest BCUT2D eigenvalue weighted by atomic mass is 9.65. The van der Waals surface area contributed by atoms with Crippen LogP contribution in [-0.4, -0.2) is 66.3 Å². The van der Waals surface area contributed by atoms with Crippen molar-refractivity contribution in [3.63, 3.8) is 0 Å². The van der Waals surface area contributed by atoms with E-state index in [9.17, 15) is 28.0 Å². The van der Waals surface area contributed by atoms with Crippen LogP contribution in [0.4, 0.5) is 8.78 Å². The molecule has 10 nitrogen and oxygen atoms in total. The summed E-state index contributed by atoms with van der Waals surface area (Å²) in [6.07, 6.45) is 5.28. The maximum Gasteiger partial charge on any atom is 0.311 e. The minimum atomic E-state index is -0.923. The smallest absolute Gasteiger partial charge is 0.311 e. The monoisotopic (exact) mass is 642 g/mol. The number of aliphatic imine (C=N–C) groups is 1. The van der Waals surface area contributed by atoms with Gasteiger partial charge >= 0.3 is 5.97 Å². The highest BCUT2D eigenvalue weighted by Crippen LogP contribution is 2.51. The minimum Gasteiger partial charge on any atom is -0.420 e. The molecule has 12 heteroatoms. The summed E-state index contributed by atoms with van der Waals surface area (Å²) in [6, 6.07) is 2.82. The second-order valence-corrected chi connectivity index (χ2v) is 12.9. The van der Waals surface area contributed by atoms with Crippen LogP contribution in [0.25, 0.3) is 0 Å². The Hall–Kier alpha value is -3.93. The number of hydrogen-bond acceptors (Lipinski definition) is 7. The minimum absolute atomic E-state index is 0.00168. The summed E-state index contributed by atoms with van der Waals surface area (Å²) in [5, 5.41) is 2.54. The predicted octanol–water partition coefficient (Wildman–Crippen LogP) is 5.01. The first-order valence-corrected chi connectivity index (χ1v) is 15.7. The van der Waals surface area contributed by atoms with Crippen LogP contribution < -0.4 is 15.5 Å². The quantitative estimate of drug-likeness (QED) is 0.198. The third-order valence-corrected chi connectivity index (χ3v) is 9.76. The van der Waals surface area contributed by atoms with Crippen LogP contribution in [0.2, 0.25) is 0 Å². The predicted molar refractivity (Wildman–Crippen MR) is 169 cm³/mol. The molecule has 3 atom stereocenters. The van der Waals surface area contributed by atoms with E-state index in [4.69, 9.17) is 9.47 Å². The van der Waals surface area contributed by atoms with Crippen molar-refractivity contribution in [2.24, 2.45) is 10.4 Å². The van der Waals surface area contributed by atoms with Crippen LogP contribution >= 0.6 is 0 Å². The lowest BCUT2D eigenvalue weighted by molar-refractivity contribution is -0.134. The summed E-state index contributed by atoms with van der Waals surface area (Å²) in [7, 11) is 3.32. The highest BCUT2D eigenvalue weighted by Gasteiger charge is 2.55. The number of methoxy groups -OCH3 is 1. The second-order valence-electron chi connectivity index (χ2n) is 12.9. The Labute approximate surface area is 268 Å². The first-order chi connectivity index (χ1) is 21.8. The number of unbranched alkanes of at least 4 members (excludes halogenated alkanes) is 2. The van der Waals surface area contributed by atoms with Gasteiger partial charge in [0.15, 0.2) is 5.69 Å². The molecule has 3 heterocycles. The van der Waals surface area contributed by atoms with Gasteiger partial charge in [0.05, 0.1) is 5.54 Å². The Bertz CT molecular complexity index is 1590. The summed E-state index contributed by atoms with van der Waals surface area (Å²) in [5.41, 5.74) is -1.78. The van der Waals surface area contributed by atoms with Gasteiger partial charge in [0, 0.05) is 69.9 Å². The van der Waals surface area contributed by atoms with E-state index in [1.807, 2.05) is 20.8 Å². The van der Waals surface area contributed by atoms with E-state index in [1.165, 1.54) is 12.3 Å². The molecule has 46 heavy (non-hydrogen) atoms. The molecule has 1 aromatic carbocycles. The van der Waals surface area contributed by atoms with Gasteiger partial charge in [0.2, 0.25) is 11.2 Å². The number of halogens is 2. The number of nitrogens with zero attached hydrogens (tertiary/aromatic N) is 3. The second kappa shape index (κ2) is 14.2. The van der Waals surface area contributed by atoms with E-state index >= 15 is 0 Å². The van der Waals surface area contributed by atoms with Crippen molar-refractivity contribution in [1.29, 1.82) is 0 Å². The van der Waals surface area contributed by atoms with Crippen molar-refractivity contribution in [3.05, 3.63) is 63.1 Å². The fourth-order valence-corrected chi connectivity index (χ4v) is 6.56. The number of ether oxygens (including phenoxy) is 2. The number of rotatable bonds is 12. The van der Waals surface area contributed by atoms with Gasteiger partial charge in [-0.2, -0.15) is 0 Å². The molecule has 0 saturated carbocycles. The van der Waals surface area contributed by atoms with Gasteiger partial charge in [-0.3, -0.25) is 24.2 Å². The molecule has 2 aromatic rings. The Morgan fingerprint density at radius 3 is 2.57 bits per heavy atom. The SMILES string of the molecule is CN=C(C)C[C@@]1(C)CC[C@H](C)N2C[C@@]1(C)n1cc(C(=O)NCc3ccc(F)cc3F)c(=O)c(OC(=O)CCCCCOC)c1C2=O. The van der Waals surface area contributed by atoms with Crippen LogP contribution in [0.1, 0.15) is 99.1 Å². The van der Waals surface area contributed by atoms with Crippen LogP contribution in [0, 0.1) is 17.0 Å². The third kappa shape index (κ3) is 6.91. The topological polar surface area (TPSA) is 119 Å². The molecule has 2 amide bonds. The van der Waals surface area contributed by atoms with E-state index < -0.39 is 51.6 Å². The van der Waals surface area contributed by atoms with Crippen molar-refractivity contribution < 1.29 is 32.6 Å². The number of carbonyl (C=O) groups excluding carboxylic acids is 3. The third-order valence-electron chi connectivity index (χ3n) is 9.76. The molecular formula is C34H44F2N4O6. The summed E-state index contributed by atoms with van der Waals surface area (Å²) in [6.45, 7) is 8.51. The Morgan fingerprint density at radius 2 is 1.89 bits per heavy atom. The van der Waals surface area contributed by atoms with Crippen LogP contribution in [0.3, 0.4) is 0 Å². The average molecular weight is 643 g/mol. The Morgan fingerprint density at radius 1 is 1.15 bits per heavy atom. The molecule has 2 aliphatic rings. The number of aromatic nitrogens is 1. The van der Waals surface area contributed by atoms with E-state index in [0.29, 0.717) is 44.9 Å². The highest BCUT2D eigenvalue weighted by molar-refractivity contribution is 6.00. The summed E-state index contributed by atoms with van der Waals surface area (Å²) in [4.78, 5) is 60.9. The van der Waals surface area contributed by atoms with Crippen molar-refractivity contribution in [3.8, 4) is 5.75 Å². The van der Waals surface area contributed by atoms with E-state index in [1.54, 1.807) is 23.6 Å². The first kappa shape index (κ1) is 34.9. The zero-order chi connectivity index (χ0) is 33.8. The zero-order valence-corrected chi connectivity index (χ0v) is 27.5. The number of benzene rings is 1. The molecule has 2 bridgehead atoms. The fraction of sp³-hybridized carbons (Fsp3) is 0.559. The number of amides is 2. The molecule has 1 fully saturated rings. The molecule has 1 saturated heterocycles. The molecule has 2 aliphatic heterocycles. The van der Waals surface area contributed by atoms with Crippen LogP contribution in [0.5, 0.6) is 5.75 Å². The molecule has 1 N–H and O–H groups in total. The van der Waals surface area contributed by atoms with Crippen molar-refractivity contribution >= 4 is 23.5 Å². The summed E-state index contributed by atoms with van der Waals surface area (Å²) in [5.74, 6) is -4.13. The zero-order valence-electron chi connectivity index (χ0n) is 27.5. The lowest BCUT2D eigenvalue weighted by Gasteiger charge is -2.52. The molecule has 0 radical (unpaired) electrons. The van der Waals surface area contributed by atoms with Crippen LogP contribution in [0.15, 0.2) is 34.2 Å². The molecule has 0 spiro atoms. The van der Waals surface area contributed by atoms with Gasteiger partial charge in [-0.25, -0.2) is 8.78 Å². The largest absolute Gasteiger partial charge is 0.420 e. The molecule has 0 aliphatic carbocycles. The standard InChI is InChI=1S/C34H44F2N4O6/c1-21(37-5)17-33(3)14-13-22(2)39-20-34(33,4)40-19-25(31(43)38-18-23-11-12-24(35)16-26(23)36)29(42)30(28(40)32(39)44)46-27(41)10-8-7-9-15-45-6/h11-12,16,19,22H,7-10,13-15,17-18,20H2,1-6H3,(H,38,43)/t22-,33+,34+/m0/s1. The molecule has 0 unspecified atom stereocenters. The molecular weight excluding hydrogens is 598 g/mol. The number of pyridine rings is 1. The molecule has 1 aromatic heterocycles. The van der Waals surface area contributed by atoms with E-state index in [-0.39, 0.29) is 35.8 Å². The Kier molecular flexibility index (Phi) is 10.8. The van der Waals surface area contributed by atoms with Gasteiger partial charge in [-0.15, -0.1) is 0 Å². The summed E-state index contributed by atoms with van der Waals surface area (Å²) < 4.78 is 40.2. The van der Waals surface area contributed by atoms with Crippen molar-refractivity contribution in [1.82, 2.24) is 14.8 Å². The van der Waals surface area contributed by atoms with Gasteiger partial charge in [0.25, 0.3) is 11.8 Å². The van der Waals surface area contributed by atoms with Crippen molar-refractivity contribution in [2.75, 3.05) is 27.3 Å². The van der Waals surface area contributed by atoms with Gasteiger partial charge in [-0.05, 0) is 64.4 Å². The van der Waals surface area contributed by atoms with E-state index in [0.717, 1.165) is 24.6 Å². The fourth-order valence-electron chi connectivity index (χ4n) is 6.56. The number of carbonyl (C=O) groups is 3. The van der Waals surface area contributed by atoms with E-state index in [2.05, 4.69) is 17.2 Å². The highest BCUT2D eigenvalue weighted by atomic mass is 19.1. The van der Waals surface area contributed by atoms with Crippen LogP contribution in [-0.2, 0) is 21.6 Å². The average Bonchev–Trinajstić information content (AvgIpc) is 3.09. The number of hydrogen-bond donors (Lipinski definition) is 1. The van der Waals surface area contributed by atoms with Gasteiger partial charge in [0.1, 0.15) is 17.2 Å². The molecule has 250 valence electrons. The van der Waals surface area contributed by atoms with Crippen molar-refractivity contribution in [2.45, 2.75) is 90.8 Å². The maximum atomic E-state index is 14.3. The Balaban J connectivity index is 1.84. The lowest BCUT2D eigenvalue weighted by Crippen LogP contribution is -2.60. The van der Waals surface area contributed by atoms with Gasteiger partial charge < -0.3 is 24.3 Å². The number of nitrogens with one attached hydrogen (secondary N) is 1. The number of esters is 1. The normalized spacial score (nSPS) is 22.7. The maximum absolute atomic E-state index is 14.3.